The van der Waals surface area contributed by atoms with Gasteiger partial charge in [0.1, 0.15) is 5.60 Å². The van der Waals surface area contributed by atoms with Crippen molar-refractivity contribution in [3.8, 4) is 11.1 Å². The van der Waals surface area contributed by atoms with Crippen molar-refractivity contribution in [2.24, 2.45) is 7.05 Å². The molecule has 0 spiro atoms. The molecule has 4 rings (SSSR count). The molecule has 3 aromatic rings. The monoisotopic (exact) mass is 411 g/mol. The van der Waals surface area contributed by atoms with E-state index in [0.717, 1.165) is 11.1 Å². The van der Waals surface area contributed by atoms with Crippen molar-refractivity contribution in [3.63, 3.8) is 0 Å². The number of hydrogen-bond acceptors (Lipinski definition) is 6. The molecule has 0 N–H and O–H groups in total. The molecule has 0 unspecified atom stereocenters. The van der Waals surface area contributed by atoms with Crippen LogP contribution in [0.3, 0.4) is 0 Å². The fraction of sp³-hybridized carbons (Fsp3) is 0.450. The lowest BCUT2D eigenvalue weighted by Crippen LogP contribution is -2.39. The first-order valence-corrected chi connectivity index (χ1v) is 9.82. The van der Waals surface area contributed by atoms with E-state index in [4.69, 9.17) is 4.74 Å². The lowest BCUT2D eigenvalue weighted by molar-refractivity contribution is -0.118. The van der Waals surface area contributed by atoms with E-state index in [2.05, 4.69) is 15.2 Å². The maximum atomic E-state index is 12.8. The fourth-order valence-electron chi connectivity index (χ4n) is 3.35. The quantitative estimate of drug-likeness (QED) is 0.641. The summed E-state index contributed by atoms with van der Waals surface area (Å²) in [6, 6.07) is 1.91. The zero-order valence-corrected chi connectivity index (χ0v) is 17.6. The van der Waals surface area contributed by atoms with E-state index in [0.29, 0.717) is 31.1 Å². The summed E-state index contributed by atoms with van der Waals surface area (Å²) in [5, 5.41) is 8.67. The highest BCUT2D eigenvalue weighted by atomic mass is 16.6. The lowest BCUT2D eigenvalue weighted by atomic mass is 10.2. The van der Waals surface area contributed by atoms with Gasteiger partial charge < -0.3 is 9.64 Å². The number of aryl methyl sites for hydroxylation is 1. The SMILES string of the molecule is Cn1cc(-c2cnn3c(N4CCN(C(=O)OC(C)(C)C)CCC4=O)cnc3c2)cn1. The van der Waals surface area contributed by atoms with Crippen LogP contribution in [0.1, 0.15) is 27.2 Å². The maximum absolute atomic E-state index is 12.8. The molecule has 0 aromatic carbocycles. The first-order chi connectivity index (χ1) is 14.2. The third-order valence-electron chi connectivity index (χ3n) is 4.80. The normalized spacial score (nSPS) is 15.5. The molecule has 30 heavy (non-hydrogen) atoms. The molecule has 1 aliphatic heterocycles. The molecule has 3 aromatic heterocycles. The number of carbonyl (C=O) groups is 2. The third kappa shape index (κ3) is 3.98. The molecule has 158 valence electrons. The summed E-state index contributed by atoms with van der Waals surface area (Å²) in [6.07, 6.45) is 6.83. The van der Waals surface area contributed by atoms with Crippen molar-refractivity contribution in [3.05, 3.63) is 30.9 Å². The highest BCUT2D eigenvalue weighted by Crippen LogP contribution is 2.23. The molecule has 0 radical (unpaired) electrons. The average Bonchev–Trinajstić information content (AvgIpc) is 3.23. The van der Waals surface area contributed by atoms with Gasteiger partial charge in [-0.1, -0.05) is 0 Å². The first kappa shape index (κ1) is 19.9. The van der Waals surface area contributed by atoms with Gasteiger partial charge in [0.05, 0.1) is 18.6 Å². The van der Waals surface area contributed by atoms with Gasteiger partial charge in [-0.25, -0.2) is 9.78 Å². The summed E-state index contributed by atoms with van der Waals surface area (Å²) in [5.41, 5.74) is 1.89. The first-order valence-electron chi connectivity index (χ1n) is 9.82. The van der Waals surface area contributed by atoms with Crippen molar-refractivity contribution >= 4 is 23.5 Å². The minimum absolute atomic E-state index is 0.0824. The van der Waals surface area contributed by atoms with Crippen LogP contribution in [-0.4, -0.2) is 66.5 Å². The van der Waals surface area contributed by atoms with E-state index in [-0.39, 0.29) is 12.3 Å². The van der Waals surface area contributed by atoms with Gasteiger partial charge in [-0.15, -0.1) is 0 Å². The lowest BCUT2D eigenvalue weighted by Gasteiger charge is -2.26. The third-order valence-corrected chi connectivity index (χ3v) is 4.80. The molecule has 1 fully saturated rings. The second kappa shape index (κ2) is 7.43. The van der Waals surface area contributed by atoms with Crippen LogP contribution in [0.2, 0.25) is 0 Å². The Labute approximate surface area is 174 Å². The molecular formula is C20H25N7O3. The molecule has 1 saturated heterocycles. The summed E-state index contributed by atoms with van der Waals surface area (Å²) < 4.78 is 8.81. The maximum Gasteiger partial charge on any atom is 0.410 e. The molecule has 10 heteroatoms. The van der Waals surface area contributed by atoms with Crippen LogP contribution < -0.4 is 4.90 Å². The zero-order valence-electron chi connectivity index (χ0n) is 17.6. The van der Waals surface area contributed by atoms with Gasteiger partial charge in [0, 0.05) is 50.4 Å². The Morgan fingerprint density at radius 2 is 1.83 bits per heavy atom. The highest BCUT2D eigenvalue weighted by Gasteiger charge is 2.29. The van der Waals surface area contributed by atoms with Crippen molar-refractivity contribution < 1.29 is 14.3 Å². The number of aromatic nitrogens is 5. The van der Waals surface area contributed by atoms with Gasteiger partial charge in [-0.05, 0) is 26.8 Å². The molecule has 4 heterocycles. The zero-order chi connectivity index (χ0) is 21.5. The Bertz CT molecular complexity index is 1100. The average molecular weight is 411 g/mol. The summed E-state index contributed by atoms with van der Waals surface area (Å²) in [7, 11) is 1.86. The number of ether oxygens (including phenoxy) is 1. The van der Waals surface area contributed by atoms with Crippen LogP contribution in [0.5, 0.6) is 0 Å². The Morgan fingerprint density at radius 3 is 2.53 bits per heavy atom. The Balaban J connectivity index is 1.56. The summed E-state index contributed by atoms with van der Waals surface area (Å²) in [6.45, 7) is 6.51. The molecule has 10 nitrogen and oxygen atoms in total. The molecule has 0 saturated carbocycles. The minimum atomic E-state index is -0.579. The number of hydrogen-bond donors (Lipinski definition) is 0. The number of imidazole rings is 1. The van der Waals surface area contributed by atoms with E-state index in [1.807, 2.05) is 40.1 Å². The second-order valence-corrected chi connectivity index (χ2v) is 8.30. The van der Waals surface area contributed by atoms with Crippen LogP contribution in [-0.2, 0) is 16.6 Å². The second-order valence-electron chi connectivity index (χ2n) is 8.30. The van der Waals surface area contributed by atoms with Gasteiger partial charge >= 0.3 is 6.09 Å². The number of carbonyl (C=O) groups excluding carboxylic acids is 2. The smallest absolute Gasteiger partial charge is 0.410 e. The number of nitrogens with zero attached hydrogens (tertiary/aromatic N) is 7. The Hall–Kier alpha value is -3.43. The predicted molar refractivity (Wildman–Crippen MR) is 110 cm³/mol. The van der Waals surface area contributed by atoms with Crippen molar-refractivity contribution in [1.82, 2.24) is 29.3 Å². The number of anilines is 1. The largest absolute Gasteiger partial charge is 0.444 e. The van der Waals surface area contributed by atoms with Crippen LogP contribution >= 0.6 is 0 Å². The van der Waals surface area contributed by atoms with Crippen LogP contribution in [0.4, 0.5) is 10.6 Å². The number of amides is 2. The predicted octanol–water partition coefficient (Wildman–Crippen LogP) is 2.10. The van der Waals surface area contributed by atoms with E-state index >= 15 is 0 Å². The van der Waals surface area contributed by atoms with E-state index < -0.39 is 11.7 Å². The van der Waals surface area contributed by atoms with E-state index in [1.54, 1.807) is 37.6 Å². The van der Waals surface area contributed by atoms with Crippen LogP contribution in [0, 0.1) is 0 Å². The van der Waals surface area contributed by atoms with Gasteiger partial charge in [0.2, 0.25) is 5.91 Å². The van der Waals surface area contributed by atoms with Crippen molar-refractivity contribution in [1.29, 1.82) is 0 Å². The molecule has 0 atom stereocenters. The van der Waals surface area contributed by atoms with Gasteiger partial charge in [0.25, 0.3) is 0 Å². The molecule has 2 amide bonds. The van der Waals surface area contributed by atoms with Gasteiger partial charge in [-0.3, -0.25) is 14.4 Å². The summed E-state index contributed by atoms with van der Waals surface area (Å²) >= 11 is 0. The molecule has 0 bridgehead atoms. The molecular weight excluding hydrogens is 386 g/mol. The number of fused-ring (bicyclic) bond motifs is 1. The highest BCUT2D eigenvalue weighted by molar-refractivity contribution is 5.93. The van der Waals surface area contributed by atoms with E-state index in [1.165, 1.54) is 0 Å². The Morgan fingerprint density at radius 1 is 1.07 bits per heavy atom. The van der Waals surface area contributed by atoms with Crippen molar-refractivity contribution in [2.75, 3.05) is 24.5 Å². The molecule has 1 aliphatic rings. The van der Waals surface area contributed by atoms with Crippen LogP contribution in [0.15, 0.2) is 30.9 Å². The fourth-order valence-corrected chi connectivity index (χ4v) is 3.35. The standard InChI is InChI=1S/C20H25N7O3/c1-20(2,3)30-19(29)25-6-5-18(28)26(8-7-25)17-12-21-16-9-14(10-23-27(16)17)15-11-22-24(4)13-15/h9-13H,5-8H2,1-4H3. The van der Waals surface area contributed by atoms with Crippen LogP contribution in [0.25, 0.3) is 16.8 Å². The summed E-state index contributed by atoms with van der Waals surface area (Å²) in [4.78, 5) is 32.8. The van der Waals surface area contributed by atoms with Gasteiger partial charge in [0.15, 0.2) is 11.5 Å². The van der Waals surface area contributed by atoms with Crippen molar-refractivity contribution in [2.45, 2.75) is 32.8 Å². The Kier molecular flexibility index (Phi) is 4.92. The number of rotatable bonds is 2. The van der Waals surface area contributed by atoms with E-state index in [9.17, 15) is 9.59 Å². The topological polar surface area (TPSA) is 97.9 Å². The molecule has 0 aliphatic carbocycles. The minimum Gasteiger partial charge on any atom is -0.444 e. The summed E-state index contributed by atoms with van der Waals surface area (Å²) in [5.74, 6) is 0.500. The van der Waals surface area contributed by atoms with Gasteiger partial charge in [-0.2, -0.15) is 14.7 Å².